The monoisotopic (exact) mass is 1470 g/mol. The Balaban J connectivity index is 0.000000618. The number of nitrogens with one attached hydrogen (secondary N) is 7. The van der Waals surface area contributed by atoms with Crippen molar-refractivity contribution in [2.75, 3.05) is 0 Å². The maximum atomic E-state index is 10.7. The van der Waals surface area contributed by atoms with Gasteiger partial charge in [-0.1, -0.05) is 138 Å². The van der Waals surface area contributed by atoms with Gasteiger partial charge in [-0.15, -0.1) is 0 Å². The van der Waals surface area contributed by atoms with Crippen molar-refractivity contribution in [3.63, 3.8) is 0 Å². The fraction of sp³-hybridized carbons (Fsp3) is 0.311. The summed E-state index contributed by atoms with van der Waals surface area (Å²) in [5, 5.41) is 73.2. The number of hydrogen-bond donors (Lipinski definition) is 7. The summed E-state index contributed by atoms with van der Waals surface area (Å²) in [4.78, 5) is 45.1. The molecule has 570 valence electrons. The highest BCUT2D eigenvalue weighted by Gasteiger charge is 2.18. The summed E-state index contributed by atoms with van der Waals surface area (Å²) in [6.07, 6.45) is 13.6. The molecule has 0 amide bonds. The molecule has 7 aromatic heterocycles. The lowest BCUT2D eigenvalue weighted by Gasteiger charge is -2.19. The first-order valence-electron chi connectivity index (χ1n) is 37.3. The number of H-pyrrole nitrogens is 7. The van der Waals surface area contributed by atoms with Crippen LogP contribution in [-0.2, 0) is 11.8 Å². The maximum absolute atomic E-state index is 10.7. The van der Waals surface area contributed by atoms with Gasteiger partial charge in [0, 0.05) is 93.3 Å². The second-order valence-electron chi connectivity index (χ2n) is 23.9. The third-order valence-corrected chi connectivity index (χ3v) is 16.0. The molecule has 7 heterocycles. The van der Waals surface area contributed by atoms with E-state index >= 15 is 0 Å². The highest BCUT2D eigenvalue weighted by Crippen LogP contribution is 2.33. The third-order valence-electron chi connectivity index (χ3n) is 16.0. The van der Waals surface area contributed by atoms with E-state index in [-0.39, 0.29) is 26.6 Å². The molecule has 14 aromatic rings. The van der Waals surface area contributed by atoms with E-state index in [0.29, 0.717) is 28.2 Å². The lowest BCUT2D eigenvalue weighted by molar-refractivity contribution is -0.383. The molecule has 0 atom stereocenters. The molecule has 0 spiro atoms. The van der Waals surface area contributed by atoms with Gasteiger partial charge in [0.15, 0.2) is 5.69 Å². The number of aromatic nitrogens is 7. The summed E-state index contributed by atoms with van der Waals surface area (Å²) < 4.78 is 0. The number of non-ortho nitro benzene ring substituents is 2. The fourth-order valence-electron chi connectivity index (χ4n) is 11.0. The van der Waals surface area contributed by atoms with Crippen molar-refractivity contribution in [3.8, 4) is 30.3 Å². The molecule has 0 saturated carbocycles. The third kappa shape index (κ3) is 25.1. The first-order valence-corrected chi connectivity index (χ1v) is 37.3. The number of aromatic amines is 7. The van der Waals surface area contributed by atoms with E-state index in [9.17, 15) is 20.2 Å². The predicted molar refractivity (Wildman–Crippen MR) is 457 cm³/mol. The topological polar surface area (TPSA) is 320 Å². The van der Waals surface area contributed by atoms with E-state index in [1.54, 1.807) is 36.8 Å². The summed E-state index contributed by atoms with van der Waals surface area (Å²) in [6, 6.07) is 47.5. The average molecular weight is 1470 g/mol. The standard InChI is InChI=1S/C13H14N2.C12H12N2.C11H7N3.2C11H10N2.2C9H8N2O2.7C2H6/c1-13(2,3)11-6-9-4-5-15-12(9)10(7-11)8-14;1-8(2)10-5-9-3-4-14-12(9)11(6-10)7-13;1-7-5-8(6-12)11-9(3-4-14-11)10(7)13-2;1-7-5-9-3-4-13-11(9)8(2)10(7)6-12;1-2-8-5-9-3-4-13-11(9)10(6-8)7-12;2*1-6-4-7-2-3-10-9(7)8(5-6)11(12)13;7*1-2/h4-7,15H,1-3H3;3-6,8,14H,1-2H3;3-5,14H,1H3;3-5,13H,1-2H3;3-6,13H,2H2,1H3;2*2-5,10H,1H3;7*1-2H3. The van der Waals surface area contributed by atoms with E-state index < -0.39 is 0 Å². The highest BCUT2D eigenvalue weighted by molar-refractivity contribution is 5.98. The second kappa shape index (κ2) is 48.2. The van der Waals surface area contributed by atoms with Crippen molar-refractivity contribution < 1.29 is 9.85 Å². The first kappa shape index (κ1) is 94.1. The van der Waals surface area contributed by atoms with Gasteiger partial charge in [0.05, 0.1) is 72.4 Å². The number of rotatable bonds is 4. The summed E-state index contributed by atoms with van der Waals surface area (Å²) in [5.41, 5.74) is 18.8. The van der Waals surface area contributed by atoms with Crippen LogP contribution in [0.25, 0.3) is 81.2 Å². The normalized spacial score (nSPS) is 9.54. The number of benzene rings is 7. The number of hydrogen-bond acceptors (Lipinski definition) is 9. The Kier molecular flexibility index (Phi) is 41.6. The van der Waals surface area contributed by atoms with Crippen LogP contribution in [0.15, 0.2) is 159 Å². The number of fused-ring (bicyclic) bond motifs is 7. The Labute approximate surface area is 644 Å². The minimum Gasteiger partial charge on any atom is -0.361 e. The lowest BCUT2D eigenvalue weighted by Crippen LogP contribution is -2.11. The SMILES string of the molecule is CC.CC.CC.CC.CC.CC.CC.CC(C)(C)c1cc(C#N)c2[nH]ccc2c1.CC(C)c1cc(C#N)c2[nH]ccc2c1.CCc1cc(C#N)c2[nH]ccc2c1.Cc1cc([N+](=O)[O-])c2[nH]ccc2c1.Cc1cc([N+](=O)[O-])c2[nH]ccc2c1.Cc1cc2cc[nH]c2c(C)c1C#N.[C-]#[N+]c1c(C)cc(C#N)c2[nH]ccc12. The van der Waals surface area contributed by atoms with Gasteiger partial charge in [-0.3, -0.25) is 20.2 Å². The van der Waals surface area contributed by atoms with Gasteiger partial charge in [-0.25, -0.2) is 4.85 Å². The number of nitro groups is 2. The molecule has 0 fully saturated rings. The molecular weight excluding hydrogens is 1360 g/mol. The van der Waals surface area contributed by atoms with Crippen molar-refractivity contribution in [2.24, 2.45) is 0 Å². The summed E-state index contributed by atoms with van der Waals surface area (Å²) >= 11 is 0. The van der Waals surface area contributed by atoms with Crippen molar-refractivity contribution in [2.45, 2.75) is 191 Å². The zero-order valence-electron chi connectivity index (χ0n) is 68.5. The summed E-state index contributed by atoms with van der Waals surface area (Å²) in [6.45, 7) is 57.4. The number of nitrogens with zero attached hydrogens (tertiary/aromatic N) is 8. The van der Waals surface area contributed by atoms with Crippen molar-refractivity contribution in [3.05, 3.63) is 263 Å². The average Bonchev–Trinajstić information content (AvgIpc) is 1.72. The molecule has 0 bridgehead atoms. The molecule has 0 saturated heterocycles. The summed E-state index contributed by atoms with van der Waals surface area (Å²) in [5.74, 6) is 0.460. The molecule has 19 nitrogen and oxygen atoms in total. The molecular formula is C90H111N15O4. The van der Waals surface area contributed by atoms with Crippen molar-refractivity contribution in [1.29, 1.82) is 26.3 Å². The molecule has 0 aliphatic heterocycles. The van der Waals surface area contributed by atoms with E-state index in [2.05, 4.69) is 130 Å². The largest absolute Gasteiger partial charge is 0.361 e. The van der Waals surface area contributed by atoms with Gasteiger partial charge in [0.25, 0.3) is 11.4 Å². The zero-order valence-corrected chi connectivity index (χ0v) is 68.5. The van der Waals surface area contributed by atoms with Gasteiger partial charge in [-0.2, -0.15) is 26.3 Å². The maximum Gasteiger partial charge on any atom is 0.293 e. The van der Waals surface area contributed by atoms with Gasteiger partial charge < -0.3 is 34.9 Å². The van der Waals surface area contributed by atoms with Crippen LogP contribution >= 0.6 is 0 Å². The van der Waals surface area contributed by atoms with Crippen LogP contribution in [0.1, 0.15) is 217 Å². The Morgan fingerprint density at radius 2 is 0.771 bits per heavy atom. The molecule has 7 aromatic carbocycles. The molecule has 0 unspecified atom stereocenters. The van der Waals surface area contributed by atoms with Crippen LogP contribution in [-0.4, -0.2) is 44.7 Å². The van der Waals surface area contributed by atoms with E-state index in [0.717, 1.165) is 116 Å². The van der Waals surface area contributed by atoms with Crippen molar-refractivity contribution >= 4 is 93.4 Å². The molecule has 109 heavy (non-hydrogen) atoms. The Morgan fingerprint density at radius 1 is 0.422 bits per heavy atom. The zero-order chi connectivity index (χ0) is 82.8. The predicted octanol–water partition coefficient (Wildman–Crippen LogP) is 26.6. The number of nitro benzene ring substituents is 2. The smallest absolute Gasteiger partial charge is 0.293 e. The Bertz CT molecular complexity index is 5350. The Morgan fingerprint density at radius 3 is 1.16 bits per heavy atom. The van der Waals surface area contributed by atoms with Crippen LogP contribution in [0.2, 0.25) is 0 Å². The highest BCUT2D eigenvalue weighted by atomic mass is 16.6. The quantitative estimate of drug-likeness (QED) is 0.0500. The second-order valence-corrected chi connectivity index (χ2v) is 23.9. The fourth-order valence-corrected chi connectivity index (χ4v) is 11.0. The van der Waals surface area contributed by atoms with Gasteiger partial charge >= 0.3 is 0 Å². The van der Waals surface area contributed by atoms with E-state index in [1.807, 2.05) is 235 Å². The molecule has 14 rings (SSSR count). The van der Waals surface area contributed by atoms with E-state index in [4.69, 9.17) is 32.9 Å². The minimum absolute atomic E-state index is 0.0804. The summed E-state index contributed by atoms with van der Waals surface area (Å²) in [7, 11) is 0. The van der Waals surface area contributed by atoms with Crippen LogP contribution in [0.4, 0.5) is 17.1 Å². The van der Waals surface area contributed by atoms with Crippen LogP contribution in [0.3, 0.4) is 0 Å². The van der Waals surface area contributed by atoms with Crippen LogP contribution in [0, 0.1) is 118 Å². The van der Waals surface area contributed by atoms with Gasteiger partial charge in [0.1, 0.15) is 35.3 Å². The molecule has 19 heteroatoms. The Hall–Kier alpha value is -12.9. The number of aryl methyl sites for hydroxylation is 6. The molecule has 0 radical (unpaired) electrons. The molecule has 0 aliphatic rings. The first-order chi connectivity index (χ1) is 52.5. The van der Waals surface area contributed by atoms with Crippen LogP contribution < -0.4 is 0 Å². The number of nitriles is 5. The molecule has 0 aliphatic carbocycles. The minimum atomic E-state index is -0.369. The van der Waals surface area contributed by atoms with Gasteiger partial charge in [-0.05, 0) is 205 Å². The van der Waals surface area contributed by atoms with Crippen LogP contribution in [0.5, 0.6) is 0 Å². The van der Waals surface area contributed by atoms with Crippen molar-refractivity contribution in [1.82, 2.24) is 34.9 Å². The van der Waals surface area contributed by atoms with Gasteiger partial charge in [0.2, 0.25) is 0 Å². The lowest BCUT2D eigenvalue weighted by atomic mass is 9.85. The van der Waals surface area contributed by atoms with E-state index in [1.165, 1.54) is 22.1 Å². The molecule has 7 N–H and O–H groups in total.